The van der Waals surface area contributed by atoms with E-state index in [0.717, 1.165) is 27.9 Å². The number of rotatable bonds is 1. The summed E-state index contributed by atoms with van der Waals surface area (Å²) in [6.07, 6.45) is 0. The normalized spacial score (nSPS) is 18.4. The highest BCUT2D eigenvalue weighted by atomic mass is 35.5. The summed E-state index contributed by atoms with van der Waals surface area (Å²) in [5.41, 5.74) is 4.61. The van der Waals surface area contributed by atoms with E-state index in [1.54, 1.807) is 12.1 Å². The lowest BCUT2D eigenvalue weighted by molar-refractivity contribution is 0.628. The van der Waals surface area contributed by atoms with Gasteiger partial charge < -0.3 is 4.90 Å². The smallest absolute Gasteiger partial charge is 0.223 e. The van der Waals surface area contributed by atoms with Crippen molar-refractivity contribution in [3.05, 3.63) is 89.7 Å². The van der Waals surface area contributed by atoms with Crippen LogP contribution in [0.5, 0.6) is 0 Å². The molecular formula is C20H12Cl2FN. The van der Waals surface area contributed by atoms with Crippen LogP contribution >= 0.6 is 23.2 Å². The van der Waals surface area contributed by atoms with Gasteiger partial charge in [-0.15, -0.1) is 0 Å². The van der Waals surface area contributed by atoms with Crippen molar-refractivity contribution in [2.75, 3.05) is 4.90 Å². The zero-order chi connectivity index (χ0) is 16.5. The Morgan fingerprint density at radius 2 is 1.21 bits per heavy atom. The Kier molecular flexibility index (Phi) is 2.70. The van der Waals surface area contributed by atoms with E-state index in [-0.39, 0.29) is 5.82 Å². The minimum Gasteiger partial charge on any atom is -0.319 e. The maximum atomic E-state index is 13.3. The molecule has 5 rings (SSSR count). The molecule has 1 heterocycles. The van der Waals surface area contributed by atoms with E-state index in [9.17, 15) is 4.39 Å². The van der Waals surface area contributed by atoms with Gasteiger partial charge in [-0.3, -0.25) is 0 Å². The van der Waals surface area contributed by atoms with Crippen LogP contribution in [0.1, 0.15) is 11.1 Å². The van der Waals surface area contributed by atoms with Gasteiger partial charge in [0.05, 0.1) is 0 Å². The van der Waals surface area contributed by atoms with Gasteiger partial charge in [0.1, 0.15) is 11.4 Å². The number of halogens is 3. The van der Waals surface area contributed by atoms with Crippen molar-refractivity contribution in [1.82, 2.24) is 0 Å². The summed E-state index contributed by atoms with van der Waals surface area (Å²) < 4.78 is 12.2. The van der Waals surface area contributed by atoms with Crippen LogP contribution in [0.3, 0.4) is 0 Å². The minimum atomic E-state index is -1.12. The van der Waals surface area contributed by atoms with Gasteiger partial charge >= 0.3 is 0 Å². The molecular weight excluding hydrogens is 344 g/mol. The van der Waals surface area contributed by atoms with Crippen molar-refractivity contribution in [1.29, 1.82) is 0 Å². The van der Waals surface area contributed by atoms with Crippen molar-refractivity contribution < 1.29 is 4.39 Å². The highest BCUT2D eigenvalue weighted by Crippen LogP contribution is 2.73. The van der Waals surface area contributed by atoms with Crippen LogP contribution < -0.4 is 4.90 Å². The summed E-state index contributed by atoms with van der Waals surface area (Å²) in [7, 11) is 0. The molecule has 0 atom stereocenters. The standard InChI is InChI=1S/C20H12Cl2FN/c21-20(22)19(24(20)14-11-9-13(23)10-12-14)17-7-3-1-5-15(17)16-6-2-4-8-18(16)19/h1-12H. The van der Waals surface area contributed by atoms with Gasteiger partial charge in [-0.25, -0.2) is 4.39 Å². The highest BCUT2D eigenvalue weighted by Gasteiger charge is 2.78. The fourth-order valence-electron chi connectivity index (χ4n) is 4.03. The predicted octanol–water partition coefficient (Wildman–Crippen LogP) is 5.70. The Labute approximate surface area is 149 Å². The number of hydrogen-bond acceptors (Lipinski definition) is 1. The van der Waals surface area contributed by atoms with Crippen molar-refractivity contribution in [2.24, 2.45) is 0 Å². The van der Waals surface area contributed by atoms with E-state index < -0.39 is 10.00 Å². The van der Waals surface area contributed by atoms with Gasteiger partial charge in [-0.05, 0) is 46.5 Å². The number of hydrogen-bond donors (Lipinski definition) is 0. The third-order valence-corrected chi connectivity index (χ3v) is 5.90. The zero-order valence-electron chi connectivity index (χ0n) is 12.5. The largest absolute Gasteiger partial charge is 0.319 e. The fraction of sp³-hybridized carbons (Fsp3) is 0.100. The first-order chi connectivity index (χ1) is 11.6. The van der Waals surface area contributed by atoms with E-state index in [0.29, 0.717) is 0 Å². The van der Waals surface area contributed by atoms with Crippen LogP contribution in [0.4, 0.5) is 10.1 Å². The van der Waals surface area contributed by atoms with Crippen LogP contribution in [-0.2, 0) is 5.54 Å². The third kappa shape index (κ3) is 1.51. The fourth-order valence-corrected chi connectivity index (χ4v) is 4.97. The average Bonchev–Trinajstić information content (AvgIpc) is 2.97. The Hall–Kier alpha value is -2.03. The number of anilines is 1. The molecule has 0 N–H and O–H groups in total. The number of benzene rings is 3. The molecule has 1 fully saturated rings. The molecule has 2 aliphatic rings. The second kappa shape index (κ2) is 4.53. The summed E-state index contributed by atoms with van der Waals surface area (Å²) in [5.74, 6) is -0.281. The van der Waals surface area contributed by atoms with Crippen molar-refractivity contribution in [3.63, 3.8) is 0 Å². The average molecular weight is 356 g/mol. The maximum Gasteiger partial charge on any atom is 0.223 e. The van der Waals surface area contributed by atoms with E-state index in [1.165, 1.54) is 12.1 Å². The number of fused-ring (bicyclic) bond motifs is 5. The molecule has 1 saturated heterocycles. The maximum absolute atomic E-state index is 13.3. The lowest BCUT2D eigenvalue weighted by Crippen LogP contribution is -2.16. The van der Waals surface area contributed by atoms with Gasteiger partial charge in [0.25, 0.3) is 0 Å². The van der Waals surface area contributed by atoms with Gasteiger partial charge in [-0.1, -0.05) is 71.7 Å². The van der Waals surface area contributed by atoms with Crippen LogP contribution in [0, 0.1) is 5.82 Å². The second-order valence-electron chi connectivity index (χ2n) is 6.15. The molecule has 1 nitrogen and oxygen atoms in total. The molecule has 0 amide bonds. The van der Waals surface area contributed by atoms with Crippen molar-refractivity contribution in [2.45, 2.75) is 10.00 Å². The quantitative estimate of drug-likeness (QED) is 0.307. The SMILES string of the molecule is Fc1ccc(N2C(Cl)(Cl)C23c2ccccc2-c2ccccc23)cc1. The molecule has 0 aromatic heterocycles. The Morgan fingerprint density at radius 3 is 1.75 bits per heavy atom. The van der Waals surface area contributed by atoms with E-state index in [4.69, 9.17) is 23.2 Å². The van der Waals surface area contributed by atoms with Gasteiger partial charge in [-0.2, -0.15) is 0 Å². The molecule has 0 bridgehead atoms. The molecule has 0 radical (unpaired) electrons. The summed E-state index contributed by atoms with van der Waals surface area (Å²) in [5, 5.41) is 0. The molecule has 3 aromatic carbocycles. The van der Waals surface area contributed by atoms with Crippen molar-refractivity contribution in [3.8, 4) is 11.1 Å². The summed E-state index contributed by atoms with van der Waals surface area (Å²) in [4.78, 5) is 1.95. The Morgan fingerprint density at radius 1 is 0.708 bits per heavy atom. The predicted molar refractivity (Wildman–Crippen MR) is 96.0 cm³/mol. The molecule has 1 aliphatic carbocycles. The molecule has 0 unspecified atom stereocenters. The van der Waals surface area contributed by atoms with E-state index in [1.807, 2.05) is 29.2 Å². The van der Waals surface area contributed by atoms with Crippen LogP contribution in [-0.4, -0.2) is 4.46 Å². The third-order valence-electron chi connectivity index (χ3n) is 5.01. The second-order valence-corrected chi connectivity index (χ2v) is 7.44. The molecule has 24 heavy (non-hydrogen) atoms. The van der Waals surface area contributed by atoms with Crippen molar-refractivity contribution >= 4 is 28.9 Å². The topological polar surface area (TPSA) is 3.01 Å². The zero-order valence-corrected chi connectivity index (χ0v) is 14.0. The lowest BCUT2D eigenvalue weighted by Gasteiger charge is -2.14. The molecule has 1 spiro atoms. The minimum absolute atomic E-state index is 0.281. The van der Waals surface area contributed by atoms with E-state index >= 15 is 0 Å². The molecule has 118 valence electrons. The first-order valence-electron chi connectivity index (χ1n) is 7.71. The van der Waals surface area contributed by atoms with Gasteiger partial charge in [0.2, 0.25) is 4.46 Å². The summed E-state index contributed by atoms with van der Waals surface area (Å²) in [6, 6.07) is 22.6. The first kappa shape index (κ1) is 14.3. The lowest BCUT2D eigenvalue weighted by atomic mass is 9.96. The molecule has 3 aromatic rings. The van der Waals surface area contributed by atoms with Crippen LogP contribution in [0.2, 0.25) is 0 Å². The summed E-state index contributed by atoms with van der Waals surface area (Å²) in [6.45, 7) is 0. The van der Waals surface area contributed by atoms with Gasteiger partial charge in [0.15, 0.2) is 0 Å². The first-order valence-corrected chi connectivity index (χ1v) is 8.47. The number of nitrogens with zero attached hydrogens (tertiary/aromatic N) is 1. The molecule has 4 heteroatoms. The Bertz CT molecular complexity index is 920. The van der Waals surface area contributed by atoms with Gasteiger partial charge in [0, 0.05) is 5.69 Å². The van der Waals surface area contributed by atoms with Crippen LogP contribution in [0.15, 0.2) is 72.8 Å². The molecule has 0 saturated carbocycles. The Balaban J connectivity index is 1.80. The number of alkyl halides is 2. The van der Waals surface area contributed by atoms with E-state index in [2.05, 4.69) is 24.3 Å². The monoisotopic (exact) mass is 355 g/mol. The molecule has 1 aliphatic heterocycles. The highest BCUT2D eigenvalue weighted by molar-refractivity contribution is 6.55. The van der Waals surface area contributed by atoms with Crippen LogP contribution in [0.25, 0.3) is 11.1 Å². The summed E-state index contributed by atoms with van der Waals surface area (Å²) >= 11 is 13.6.